The van der Waals surface area contributed by atoms with E-state index in [9.17, 15) is 29.4 Å². The molecule has 13 atom stereocenters. The van der Waals surface area contributed by atoms with E-state index in [0.29, 0.717) is 6.42 Å². The summed E-state index contributed by atoms with van der Waals surface area (Å²) in [5.74, 6) is -6.39. The minimum atomic E-state index is -1.98. The van der Waals surface area contributed by atoms with Gasteiger partial charge in [-0.15, -0.1) is 6.58 Å². The average Bonchev–Trinajstić information content (AvgIpc) is 2.98. The van der Waals surface area contributed by atoms with Gasteiger partial charge < -0.3 is 38.8 Å². The summed E-state index contributed by atoms with van der Waals surface area (Å²) in [6, 6.07) is -0.280. The molecule has 2 aliphatic rings. The number of hydrogen-bond donors (Lipinski definition) is 2. The van der Waals surface area contributed by atoms with Crippen molar-refractivity contribution in [1.29, 1.82) is 0 Å². The zero-order chi connectivity index (χ0) is 35.3. The molecular weight excluding hydrogens is 598 g/mol. The van der Waals surface area contributed by atoms with Crippen molar-refractivity contribution < 1.29 is 53.1 Å². The van der Waals surface area contributed by atoms with Crippen LogP contribution in [0.3, 0.4) is 0 Å². The van der Waals surface area contributed by atoms with E-state index in [1.807, 2.05) is 25.9 Å². The second-order valence-electron chi connectivity index (χ2n) is 13.8. The van der Waals surface area contributed by atoms with Crippen molar-refractivity contribution in [2.24, 2.45) is 23.7 Å². The Labute approximate surface area is 274 Å². The molecule has 0 bridgehead atoms. The monoisotopic (exact) mass is 655 g/mol. The highest BCUT2D eigenvalue weighted by molar-refractivity contribution is 6.00. The van der Waals surface area contributed by atoms with Crippen LogP contribution in [0.25, 0.3) is 0 Å². The summed E-state index contributed by atoms with van der Waals surface area (Å²) in [4.78, 5) is 55.5. The third-order valence-electron chi connectivity index (χ3n) is 9.65. The first-order valence-corrected chi connectivity index (χ1v) is 16.3. The van der Waals surface area contributed by atoms with Crippen LogP contribution < -0.4 is 0 Å². The highest BCUT2D eigenvalue weighted by atomic mass is 16.7. The van der Waals surface area contributed by atoms with E-state index in [1.54, 1.807) is 27.7 Å². The summed E-state index contributed by atoms with van der Waals surface area (Å²) in [6.07, 6.45) is -3.93. The normalized spacial score (nSPS) is 41.9. The van der Waals surface area contributed by atoms with Gasteiger partial charge in [0, 0.05) is 24.7 Å². The third kappa shape index (κ3) is 9.02. The van der Waals surface area contributed by atoms with Gasteiger partial charge in [-0.1, -0.05) is 33.8 Å². The Morgan fingerprint density at radius 2 is 1.70 bits per heavy atom. The molecule has 2 N–H and O–H groups in total. The molecule has 2 heterocycles. The second-order valence-corrected chi connectivity index (χ2v) is 13.8. The number of hydrogen-bond acceptors (Lipinski definition) is 12. The molecule has 0 radical (unpaired) electrons. The second kappa shape index (κ2) is 16.3. The Morgan fingerprint density at radius 3 is 2.22 bits per heavy atom. The van der Waals surface area contributed by atoms with Crippen molar-refractivity contribution in [2.45, 2.75) is 136 Å². The van der Waals surface area contributed by atoms with Crippen molar-refractivity contribution in [2.75, 3.05) is 20.7 Å². The van der Waals surface area contributed by atoms with E-state index in [1.165, 1.54) is 33.8 Å². The quantitative estimate of drug-likeness (QED) is 0.224. The minimum absolute atomic E-state index is 0.0365. The van der Waals surface area contributed by atoms with Crippen molar-refractivity contribution >= 4 is 23.5 Å². The van der Waals surface area contributed by atoms with Crippen LogP contribution >= 0.6 is 0 Å². The Hall–Kier alpha value is -2.22. The lowest BCUT2D eigenvalue weighted by atomic mass is 9.74. The average molecular weight is 656 g/mol. The van der Waals surface area contributed by atoms with Gasteiger partial charge in [0.1, 0.15) is 23.4 Å². The molecule has 0 aromatic heterocycles. The van der Waals surface area contributed by atoms with Gasteiger partial charge in [-0.2, -0.15) is 0 Å². The van der Waals surface area contributed by atoms with Crippen molar-refractivity contribution in [3.63, 3.8) is 0 Å². The number of ketones is 2. The SMILES string of the molecule is C=CCO[C@@]1(C)C[C@@H](C)C(=O)[C@H](C)[C@@H](O)[C@](C)(O)[C@@H](CC)OC(=O)[C@H](C)C(=O)[C@H](C)[C@H]1OC1O[C@H](C)C[C@H](N(C)C)[C@H]1OC(C)=O. The van der Waals surface area contributed by atoms with Gasteiger partial charge in [0.2, 0.25) is 0 Å². The third-order valence-corrected chi connectivity index (χ3v) is 9.65. The summed E-state index contributed by atoms with van der Waals surface area (Å²) in [7, 11) is 3.72. The number of nitrogens with zero attached hydrogens (tertiary/aromatic N) is 1. The summed E-state index contributed by atoms with van der Waals surface area (Å²) in [5, 5.41) is 22.6. The summed E-state index contributed by atoms with van der Waals surface area (Å²) in [5.41, 5.74) is -3.33. The number of carbonyl (C=O) groups is 4. The number of ether oxygens (including phenoxy) is 5. The molecule has 1 unspecified atom stereocenters. The van der Waals surface area contributed by atoms with E-state index < -0.39 is 83.3 Å². The van der Waals surface area contributed by atoms with Gasteiger partial charge in [-0.25, -0.2) is 0 Å². The molecule has 2 saturated heterocycles. The predicted octanol–water partition coefficient (Wildman–Crippen LogP) is 2.85. The number of likely N-dealkylation sites (N-methyl/N-ethyl adjacent to an activating group) is 1. The molecule has 2 fully saturated rings. The zero-order valence-electron chi connectivity index (χ0n) is 29.5. The van der Waals surface area contributed by atoms with Crippen LogP contribution in [-0.4, -0.2) is 113 Å². The van der Waals surface area contributed by atoms with Crippen LogP contribution in [-0.2, 0) is 42.9 Å². The van der Waals surface area contributed by atoms with Crippen molar-refractivity contribution in [3.8, 4) is 0 Å². The number of cyclic esters (lactones) is 1. The van der Waals surface area contributed by atoms with Crippen LogP contribution in [0, 0.1) is 23.7 Å². The fourth-order valence-electron chi connectivity index (χ4n) is 6.93. The van der Waals surface area contributed by atoms with E-state index in [2.05, 4.69) is 6.58 Å². The van der Waals surface area contributed by atoms with Gasteiger partial charge in [0.05, 0.1) is 36.6 Å². The number of rotatable bonds is 8. The Bertz CT molecular complexity index is 1090. The van der Waals surface area contributed by atoms with Crippen LogP contribution in [0.4, 0.5) is 0 Å². The largest absolute Gasteiger partial charge is 0.459 e. The number of aliphatic hydroxyl groups excluding tert-OH is 1. The molecular formula is C34H57NO11. The Balaban J connectivity index is 2.75. The lowest BCUT2D eigenvalue weighted by Crippen LogP contribution is -2.60. The maximum Gasteiger partial charge on any atom is 0.316 e. The molecule has 12 heteroatoms. The molecule has 0 amide bonds. The number of Topliss-reactive ketones (excluding diaryl/α,β-unsaturated/α-hetero) is 2. The molecule has 2 aliphatic heterocycles. The van der Waals surface area contributed by atoms with Crippen LogP contribution in [0.2, 0.25) is 0 Å². The molecule has 264 valence electrons. The number of aliphatic hydroxyl groups is 2. The lowest BCUT2D eigenvalue weighted by Gasteiger charge is -2.48. The van der Waals surface area contributed by atoms with Crippen molar-refractivity contribution in [1.82, 2.24) is 4.90 Å². The molecule has 2 rings (SSSR count). The lowest BCUT2D eigenvalue weighted by molar-refractivity contribution is -0.299. The number of esters is 2. The van der Waals surface area contributed by atoms with Gasteiger partial charge in [0.15, 0.2) is 18.2 Å². The molecule has 0 aliphatic carbocycles. The highest BCUT2D eigenvalue weighted by Gasteiger charge is 2.52. The van der Waals surface area contributed by atoms with Gasteiger partial charge in [-0.3, -0.25) is 19.2 Å². The summed E-state index contributed by atoms with van der Waals surface area (Å²) < 4.78 is 30.6. The Morgan fingerprint density at radius 1 is 1.09 bits per heavy atom. The summed E-state index contributed by atoms with van der Waals surface area (Å²) in [6.45, 7) is 17.9. The molecule has 0 aromatic rings. The molecule has 0 spiro atoms. The molecule has 46 heavy (non-hydrogen) atoms. The van der Waals surface area contributed by atoms with E-state index in [-0.39, 0.29) is 37.4 Å². The molecule has 0 aromatic carbocycles. The smallest absolute Gasteiger partial charge is 0.316 e. The summed E-state index contributed by atoms with van der Waals surface area (Å²) >= 11 is 0. The minimum Gasteiger partial charge on any atom is -0.459 e. The topological polar surface area (TPSA) is 158 Å². The van der Waals surface area contributed by atoms with Crippen LogP contribution in [0.5, 0.6) is 0 Å². The van der Waals surface area contributed by atoms with Gasteiger partial charge in [0.25, 0.3) is 0 Å². The zero-order valence-corrected chi connectivity index (χ0v) is 29.5. The van der Waals surface area contributed by atoms with Crippen LogP contribution in [0.15, 0.2) is 12.7 Å². The number of carbonyl (C=O) groups excluding carboxylic acids is 4. The van der Waals surface area contributed by atoms with E-state index in [4.69, 9.17) is 23.7 Å². The van der Waals surface area contributed by atoms with Crippen LogP contribution in [0.1, 0.15) is 81.6 Å². The first kappa shape index (κ1) is 40.0. The Kier molecular flexibility index (Phi) is 14.1. The fourth-order valence-corrected chi connectivity index (χ4v) is 6.93. The maximum atomic E-state index is 14.1. The first-order chi connectivity index (χ1) is 21.2. The van der Waals surface area contributed by atoms with Gasteiger partial charge >= 0.3 is 11.9 Å². The first-order valence-electron chi connectivity index (χ1n) is 16.3. The standard InChI is InChI=1S/C34H57NO11/c1-13-15-42-33(9)17-18(3)26(37)20(5)29(39)34(10,41)25(14-2)45-31(40)22(7)27(38)21(6)30(33)46-32-28(44-23(8)36)24(35(11)12)16-19(4)43-32/h13,18-22,24-25,28-30,32,39,41H,1,14-17H2,2-12H3/t18-,19-,20+,21+,22-,24+,25-,28-,29-,30-,32?,33+,34-/m1/s1. The fraction of sp³-hybridized carbons (Fsp3) is 0.824. The molecule has 12 nitrogen and oxygen atoms in total. The maximum absolute atomic E-state index is 14.1. The van der Waals surface area contributed by atoms with Gasteiger partial charge in [-0.05, 0) is 61.1 Å². The van der Waals surface area contributed by atoms with Crippen molar-refractivity contribution in [3.05, 3.63) is 12.7 Å². The van der Waals surface area contributed by atoms with E-state index in [0.717, 1.165) is 0 Å². The van der Waals surface area contributed by atoms with E-state index >= 15 is 0 Å². The predicted molar refractivity (Wildman–Crippen MR) is 169 cm³/mol. The highest BCUT2D eigenvalue weighted by Crippen LogP contribution is 2.39. The molecule has 0 saturated carbocycles.